The second-order valence-corrected chi connectivity index (χ2v) is 8.53. The van der Waals surface area contributed by atoms with Gasteiger partial charge in [-0.3, -0.25) is 0 Å². The summed E-state index contributed by atoms with van der Waals surface area (Å²) in [5, 5.41) is 0. The molecule has 3 aromatic carbocycles. The molecule has 0 bridgehead atoms. The molecule has 4 heteroatoms. The Bertz CT molecular complexity index is 1120. The normalized spacial score (nSPS) is 11.2. The van der Waals surface area contributed by atoms with E-state index in [1.54, 1.807) is 6.07 Å². The molecular weight excluding hydrogens is 413 g/mol. The zero-order valence-electron chi connectivity index (χ0n) is 19.4. The molecule has 0 saturated heterocycles. The van der Waals surface area contributed by atoms with Crippen molar-refractivity contribution in [1.82, 2.24) is 4.98 Å². The molecule has 0 fully saturated rings. The largest absolute Gasteiger partial charge is 0.494 e. The van der Waals surface area contributed by atoms with Gasteiger partial charge in [0, 0.05) is 0 Å². The predicted molar refractivity (Wildman–Crippen MR) is 133 cm³/mol. The van der Waals surface area contributed by atoms with Crippen LogP contribution in [0.1, 0.15) is 58.3 Å². The molecule has 0 aliphatic rings. The highest BCUT2D eigenvalue weighted by molar-refractivity contribution is 5.77. The number of rotatable bonds is 12. The first-order valence-corrected chi connectivity index (χ1v) is 12.1. The Morgan fingerprint density at radius 1 is 0.788 bits per heavy atom. The van der Waals surface area contributed by atoms with Crippen LogP contribution in [0.4, 0.5) is 4.39 Å². The molecule has 0 radical (unpaired) electrons. The lowest BCUT2D eigenvalue weighted by Gasteiger charge is -2.08. The summed E-state index contributed by atoms with van der Waals surface area (Å²) < 4.78 is 26.4. The maximum Gasteiger partial charge on any atom is 0.230 e. The van der Waals surface area contributed by atoms with Crippen molar-refractivity contribution in [2.45, 2.75) is 58.3 Å². The van der Waals surface area contributed by atoms with Gasteiger partial charge in [0.2, 0.25) is 5.89 Å². The summed E-state index contributed by atoms with van der Waals surface area (Å²) >= 11 is 0. The third-order valence-corrected chi connectivity index (χ3v) is 5.95. The molecule has 0 aliphatic heterocycles. The molecule has 0 N–H and O–H groups in total. The van der Waals surface area contributed by atoms with E-state index in [4.69, 9.17) is 9.15 Å². The van der Waals surface area contributed by atoms with Crippen molar-refractivity contribution in [3.8, 4) is 28.3 Å². The smallest absolute Gasteiger partial charge is 0.230 e. The first-order chi connectivity index (χ1) is 16.2. The number of benzene rings is 3. The van der Waals surface area contributed by atoms with Crippen LogP contribution < -0.4 is 4.74 Å². The zero-order chi connectivity index (χ0) is 22.9. The topological polar surface area (TPSA) is 35.3 Å². The zero-order valence-corrected chi connectivity index (χ0v) is 19.4. The lowest BCUT2D eigenvalue weighted by Crippen LogP contribution is -1.97. The SMILES string of the molecule is CCCCCCCCCCOc1ccc(-c2ccc(-c3nc4ccccc4o3)c(F)c2)cc1. The summed E-state index contributed by atoms with van der Waals surface area (Å²) in [6.07, 6.45) is 10.3. The van der Waals surface area contributed by atoms with Crippen LogP contribution in [0.3, 0.4) is 0 Å². The third kappa shape index (κ3) is 6.22. The summed E-state index contributed by atoms with van der Waals surface area (Å²) in [6, 6.07) is 20.4. The number of hydrogen-bond donors (Lipinski definition) is 0. The average molecular weight is 446 g/mol. The van der Waals surface area contributed by atoms with E-state index in [2.05, 4.69) is 11.9 Å². The van der Waals surface area contributed by atoms with Crippen molar-refractivity contribution >= 4 is 11.1 Å². The lowest BCUT2D eigenvalue weighted by molar-refractivity contribution is 0.304. The van der Waals surface area contributed by atoms with Crippen molar-refractivity contribution in [3.63, 3.8) is 0 Å². The summed E-state index contributed by atoms with van der Waals surface area (Å²) in [6.45, 7) is 2.99. The highest BCUT2D eigenvalue weighted by atomic mass is 19.1. The van der Waals surface area contributed by atoms with Crippen LogP contribution in [0.15, 0.2) is 71.1 Å². The number of nitrogens with zero attached hydrogens (tertiary/aromatic N) is 1. The van der Waals surface area contributed by atoms with Crippen LogP contribution in [0.5, 0.6) is 5.75 Å². The number of oxazole rings is 1. The van der Waals surface area contributed by atoms with Crippen molar-refractivity contribution < 1.29 is 13.5 Å². The average Bonchev–Trinajstić information content (AvgIpc) is 3.27. The number of ether oxygens (including phenoxy) is 1. The molecule has 33 heavy (non-hydrogen) atoms. The van der Waals surface area contributed by atoms with Gasteiger partial charge < -0.3 is 9.15 Å². The van der Waals surface area contributed by atoms with Crippen molar-refractivity contribution in [2.24, 2.45) is 0 Å². The highest BCUT2D eigenvalue weighted by Gasteiger charge is 2.13. The van der Waals surface area contributed by atoms with E-state index in [0.717, 1.165) is 35.4 Å². The maximum atomic E-state index is 14.9. The van der Waals surface area contributed by atoms with E-state index in [-0.39, 0.29) is 5.82 Å². The molecule has 4 aromatic rings. The molecule has 1 heterocycles. The first-order valence-electron chi connectivity index (χ1n) is 12.1. The Morgan fingerprint density at radius 3 is 2.21 bits per heavy atom. The maximum absolute atomic E-state index is 14.9. The van der Waals surface area contributed by atoms with E-state index in [9.17, 15) is 4.39 Å². The second-order valence-electron chi connectivity index (χ2n) is 8.53. The fraction of sp³-hybridized carbons (Fsp3) is 0.345. The monoisotopic (exact) mass is 445 g/mol. The molecule has 0 atom stereocenters. The molecule has 0 aliphatic carbocycles. The van der Waals surface area contributed by atoms with E-state index in [1.165, 1.54) is 51.0 Å². The fourth-order valence-electron chi connectivity index (χ4n) is 4.03. The van der Waals surface area contributed by atoms with Gasteiger partial charge in [0.1, 0.15) is 17.1 Å². The number of aromatic nitrogens is 1. The van der Waals surface area contributed by atoms with Gasteiger partial charge in [-0.05, 0) is 53.9 Å². The lowest BCUT2D eigenvalue weighted by atomic mass is 10.0. The van der Waals surface area contributed by atoms with Gasteiger partial charge in [-0.1, -0.05) is 82.2 Å². The van der Waals surface area contributed by atoms with Crippen LogP contribution in [-0.4, -0.2) is 11.6 Å². The van der Waals surface area contributed by atoms with Gasteiger partial charge in [0.05, 0.1) is 12.2 Å². The summed E-state index contributed by atoms with van der Waals surface area (Å²) in [5.41, 5.74) is 3.48. The number of hydrogen-bond acceptors (Lipinski definition) is 3. The molecule has 1 aromatic heterocycles. The van der Waals surface area contributed by atoms with Gasteiger partial charge in [0.15, 0.2) is 5.58 Å². The van der Waals surface area contributed by atoms with Crippen LogP contribution in [0, 0.1) is 5.82 Å². The van der Waals surface area contributed by atoms with Gasteiger partial charge in [-0.25, -0.2) is 9.37 Å². The quantitative estimate of drug-likeness (QED) is 0.204. The molecular formula is C29H32FNO2. The number of unbranched alkanes of at least 4 members (excludes halogenated alkanes) is 7. The Hall–Kier alpha value is -3.14. The third-order valence-electron chi connectivity index (χ3n) is 5.95. The molecule has 0 saturated carbocycles. The van der Waals surface area contributed by atoms with E-state index >= 15 is 0 Å². The highest BCUT2D eigenvalue weighted by Crippen LogP contribution is 2.30. The van der Waals surface area contributed by atoms with Gasteiger partial charge in [-0.2, -0.15) is 0 Å². The minimum atomic E-state index is -0.353. The van der Waals surface area contributed by atoms with Gasteiger partial charge >= 0.3 is 0 Å². The Morgan fingerprint density at radius 2 is 1.48 bits per heavy atom. The van der Waals surface area contributed by atoms with Crippen LogP contribution in [0.25, 0.3) is 33.7 Å². The molecule has 4 rings (SSSR count). The van der Waals surface area contributed by atoms with E-state index in [1.807, 2.05) is 54.6 Å². The van der Waals surface area contributed by atoms with Crippen molar-refractivity contribution in [1.29, 1.82) is 0 Å². The Labute approximate surface area is 195 Å². The standard InChI is InChI=1S/C29H32FNO2/c1-2-3-4-5-6-7-8-11-20-32-24-17-14-22(15-18-24)23-16-19-25(26(30)21-23)29-31-27-12-9-10-13-28(27)33-29/h9-10,12-19,21H,2-8,11,20H2,1H3. The summed E-state index contributed by atoms with van der Waals surface area (Å²) in [7, 11) is 0. The number of para-hydroxylation sites is 2. The second kappa shape index (κ2) is 11.6. The Balaban J connectivity index is 1.29. The minimum Gasteiger partial charge on any atom is -0.494 e. The predicted octanol–water partition coefficient (Wildman–Crippen LogP) is 8.82. The minimum absolute atomic E-state index is 0.296. The number of fused-ring (bicyclic) bond motifs is 1. The summed E-state index contributed by atoms with van der Waals surface area (Å²) in [5.74, 6) is 0.796. The van der Waals surface area contributed by atoms with Crippen LogP contribution in [0.2, 0.25) is 0 Å². The van der Waals surface area contributed by atoms with E-state index < -0.39 is 0 Å². The molecule has 0 spiro atoms. The van der Waals surface area contributed by atoms with Crippen LogP contribution >= 0.6 is 0 Å². The Kier molecular flexibility index (Phi) is 8.13. The van der Waals surface area contributed by atoms with E-state index in [0.29, 0.717) is 17.0 Å². The molecule has 3 nitrogen and oxygen atoms in total. The number of halogens is 1. The molecule has 0 amide bonds. The summed E-state index contributed by atoms with van der Waals surface area (Å²) in [4.78, 5) is 4.40. The van der Waals surface area contributed by atoms with Crippen molar-refractivity contribution in [2.75, 3.05) is 6.61 Å². The molecule has 0 unspecified atom stereocenters. The van der Waals surface area contributed by atoms with Crippen molar-refractivity contribution in [3.05, 3.63) is 72.5 Å². The van der Waals surface area contributed by atoms with Crippen LogP contribution in [-0.2, 0) is 0 Å². The van der Waals surface area contributed by atoms with Gasteiger partial charge in [-0.15, -0.1) is 0 Å². The fourth-order valence-corrected chi connectivity index (χ4v) is 4.03. The molecule has 172 valence electrons. The van der Waals surface area contributed by atoms with Gasteiger partial charge in [0.25, 0.3) is 0 Å². The first kappa shape index (κ1) is 23.0.